The highest BCUT2D eigenvalue weighted by atomic mass is 16.5. The van der Waals surface area contributed by atoms with Crippen LogP contribution in [0, 0.1) is 0 Å². The lowest BCUT2D eigenvalue weighted by Crippen LogP contribution is -2.39. The van der Waals surface area contributed by atoms with Crippen molar-refractivity contribution in [1.82, 2.24) is 15.0 Å². The van der Waals surface area contributed by atoms with Crippen molar-refractivity contribution in [3.8, 4) is 0 Å². The number of methoxy groups -OCH3 is 1. The summed E-state index contributed by atoms with van der Waals surface area (Å²) >= 11 is 0. The highest BCUT2D eigenvalue weighted by Gasteiger charge is 2.30. The SMILES string of the molecule is COCCc1noc(CN2C(C)CCCC2c2ccccc2)n1. The number of ether oxygens (including phenoxy) is 1. The third-order valence-electron chi connectivity index (χ3n) is 4.61. The van der Waals surface area contributed by atoms with E-state index in [1.807, 2.05) is 0 Å². The number of aromatic nitrogens is 2. The Labute approximate surface area is 137 Å². The monoisotopic (exact) mass is 315 g/mol. The number of piperidine rings is 1. The van der Waals surface area contributed by atoms with E-state index in [9.17, 15) is 0 Å². The predicted molar refractivity (Wildman–Crippen MR) is 87.9 cm³/mol. The molecule has 2 heterocycles. The fourth-order valence-corrected chi connectivity index (χ4v) is 3.35. The lowest BCUT2D eigenvalue weighted by Gasteiger charge is -2.40. The Morgan fingerprint density at radius 1 is 1.26 bits per heavy atom. The van der Waals surface area contributed by atoms with Crippen molar-refractivity contribution in [3.05, 3.63) is 47.6 Å². The minimum atomic E-state index is 0.425. The van der Waals surface area contributed by atoms with Crippen LogP contribution < -0.4 is 0 Å². The zero-order valence-electron chi connectivity index (χ0n) is 13.9. The van der Waals surface area contributed by atoms with Crippen molar-refractivity contribution < 1.29 is 9.26 Å². The third-order valence-corrected chi connectivity index (χ3v) is 4.61. The number of rotatable bonds is 6. The Morgan fingerprint density at radius 3 is 2.87 bits per heavy atom. The molecular weight excluding hydrogens is 290 g/mol. The molecule has 3 rings (SSSR count). The van der Waals surface area contributed by atoms with Crippen LogP contribution in [-0.4, -0.2) is 34.8 Å². The van der Waals surface area contributed by atoms with Gasteiger partial charge in [0, 0.05) is 25.6 Å². The maximum atomic E-state index is 5.44. The highest BCUT2D eigenvalue weighted by Crippen LogP contribution is 2.35. The molecule has 0 amide bonds. The van der Waals surface area contributed by atoms with Crippen molar-refractivity contribution in [3.63, 3.8) is 0 Å². The molecule has 1 fully saturated rings. The minimum absolute atomic E-state index is 0.425. The van der Waals surface area contributed by atoms with Crippen molar-refractivity contribution >= 4 is 0 Å². The summed E-state index contributed by atoms with van der Waals surface area (Å²) in [5.74, 6) is 1.42. The number of likely N-dealkylation sites (tertiary alicyclic amines) is 1. The first-order valence-corrected chi connectivity index (χ1v) is 8.39. The fourth-order valence-electron chi connectivity index (χ4n) is 3.35. The summed E-state index contributed by atoms with van der Waals surface area (Å²) in [5, 5.41) is 4.05. The quantitative estimate of drug-likeness (QED) is 0.818. The Morgan fingerprint density at radius 2 is 2.09 bits per heavy atom. The molecule has 2 atom stereocenters. The third kappa shape index (κ3) is 3.98. The topological polar surface area (TPSA) is 51.4 Å². The van der Waals surface area contributed by atoms with Gasteiger partial charge in [0.1, 0.15) is 0 Å². The van der Waals surface area contributed by atoms with Crippen LogP contribution in [-0.2, 0) is 17.7 Å². The number of hydrogen-bond donors (Lipinski definition) is 0. The van der Waals surface area contributed by atoms with Crippen LogP contribution in [0.5, 0.6) is 0 Å². The Bertz CT molecular complexity index is 599. The standard InChI is InChI=1S/C18H25N3O2/c1-14-7-6-10-16(15-8-4-3-5-9-15)21(14)13-18-19-17(20-23-18)11-12-22-2/h3-5,8-9,14,16H,6-7,10-13H2,1-2H3. The Hall–Kier alpha value is -1.72. The molecule has 2 aromatic rings. The molecule has 124 valence electrons. The van der Waals surface area contributed by atoms with E-state index in [4.69, 9.17) is 9.26 Å². The first kappa shape index (κ1) is 16.1. The molecule has 1 saturated heterocycles. The second kappa shape index (κ2) is 7.70. The van der Waals surface area contributed by atoms with E-state index < -0.39 is 0 Å². The van der Waals surface area contributed by atoms with Crippen LogP contribution in [0.1, 0.15) is 49.5 Å². The summed E-state index contributed by atoms with van der Waals surface area (Å²) in [7, 11) is 1.68. The first-order chi connectivity index (χ1) is 11.3. The van der Waals surface area contributed by atoms with E-state index in [2.05, 4.69) is 52.3 Å². The van der Waals surface area contributed by atoms with Crippen LogP contribution in [0.25, 0.3) is 0 Å². The molecule has 0 aliphatic carbocycles. The van der Waals surface area contributed by atoms with Gasteiger partial charge in [0.2, 0.25) is 5.89 Å². The molecule has 1 aliphatic heterocycles. The number of hydrogen-bond acceptors (Lipinski definition) is 5. The molecule has 2 unspecified atom stereocenters. The Kier molecular flexibility index (Phi) is 5.41. The maximum absolute atomic E-state index is 5.44. The van der Waals surface area contributed by atoms with Crippen molar-refractivity contribution in [1.29, 1.82) is 0 Å². The van der Waals surface area contributed by atoms with E-state index in [1.54, 1.807) is 7.11 Å². The molecule has 0 N–H and O–H groups in total. The van der Waals surface area contributed by atoms with Crippen molar-refractivity contribution in [2.45, 2.75) is 51.2 Å². The number of nitrogens with zero attached hydrogens (tertiary/aromatic N) is 3. The van der Waals surface area contributed by atoms with Gasteiger partial charge in [-0.05, 0) is 25.3 Å². The zero-order chi connectivity index (χ0) is 16.1. The summed E-state index contributed by atoms with van der Waals surface area (Å²) in [6.45, 7) is 3.61. The average Bonchev–Trinajstić information content (AvgIpc) is 3.03. The molecular formula is C18H25N3O2. The van der Waals surface area contributed by atoms with Crippen LogP contribution in [0.4, 0.5) is 0 Å². The number of benzene rings is 1. The molecule has 0 saturated carbocycles. The van der Waals surface area contributed by atoms with Gasteiger partial charge in [-0.15, -0.1) is 0 Å². The lowest BCUT2D eigenvalue weighted by molar-refractivity contribution is 0.0722. The Balaban J connectivity index is 1.73. The van der Waals surface area contributed by atoms with Crippen molar-refractivity contribution in [2.75, 3.05) is 13.7 Å². The van der Waals surface area contributed by atoms with Crippen molar-refractivity contribution in [2.24, 2.45) is 0 Å². The molecule has 1 aliphatic rings. The zero-order valence-corrected chi connectivity index (χ0v) is 13.9. The summed E-state index contributed by atoms with van der Waals surface area (Å²) in [5.41, 5.74) is 1.37. The minimum Gasteiger partial charge on any atom is -0.384 e. The molecule has 1 aromatic heterocycles. The summed E-state index contributed by atoms with van der Waals surface area (Å²) in [6, 6.07) is 11.7. The van der Waals surface area contributed by atoms with E-state index in [1.165, 1.54) is 24.8 Å². The average molecular weight is 315 g/mol. The molecule has 1 aromatic carbocycles. The van der Waals surface area contributed by atoms with E-state index in [-0.39, 0.29) is 0 Å². The molecule has 0 radical (unpaired) electrons. The van der Waals surface area contributed by atoms with Gasteiger partial charge in [-0.2, -0.15) is 4.98 Å². The van der Waals surface area contributed by atoms with Crippen LogP contribution in [0.3, 0.4) is 0 Å². The predicted octanol–water partition coefficient (Wildman–Crippen LogP) is 3.37. The summed E-state index contributed by atoms with van der Waals surface area (Å²) < 4.78 is 10.5. The van der Waals surface area contributed by atoms with Gasteiger partial charge in [-0.3, -0.25) is 4.90 Å². The molecule has 5 heteroatoms. The highest BCUT2D eigenvalue weighted by molar-refractivity contribution is 5.20. The molecule has 5 nitrogen and oxygen atoms in total. The maximum Gasteiger partial charge on any atom is 0.240 e. The molecule has 23 heavy (non-hydrogen) atoms. The molecule has 0 bridgehead atoms. The van der Waals surface area contributed by atoms with Crippen LogP contribution in [0.15, 0.2) is 34.9 Å². The second-order valence-electron chi connectivity index (χ2n) is 6.23. The summed E-state index contributed by atoms with van der Waals surface area (Å²) in [4.78, 5) is 7.00. The second-order valence-corrected chi connectivity index (χ2v) is 6.23. The first-order valence-electron chi connectivity index (χ1n) is 8.39. The molecule has 0 spiro atoms. The van der Waals surface area contributed by atoms with Crippen LogP contribution >= 0.6 is 0 Å². The van der Waals surface area contributed by atoms with Gasteiger partial charge in [0.05, 0.1) is 13.2 Å². The smallest absolute Gasteiger partial charge is 0.240 e. The van der Waals surface area contributed by atoms with E-state index in [0.717, 1.165) is 5.82 Å². The van der Waals surface area contributed by atoms with Gasteiger partial charge in [0.25, 0.3) is 0 Å². The largest absolute Gasteiger partial charge is 0.384 e. The summed E-state index contributed by atoms with van der Waals surface area (Å²) in [6.07, 6.45) is 4.35. The van der Waals surface area contributed by atoms with Gasteiger partial charge in [-0.1, -0.05) is 41.9 Å². The van der Waals surface area contributed by atoms with Gasteiger partial charge >= 0.3 is 0 Å². The van der Waals surface area contributed by atoms with E-state index >= 15 is 0 Å². The van der Waals surface area contributed by atoms with Crippen LogP contribution in [0.2, 0.25) is 0 Å². The van der Waals surface area contributed by atoms with Gasteiger partial charge in [0.15, 0.2) is 5.82 Å². The normalized spacial score (nSPS) is 22.3. The van der Waals surface area contributed by atoms with E-state index in [0.29, 0.717) is 37.5 Å². The lowest BCUT2D eigenvalue weighted by atomic mass is 9.91. The fraction of sp³-hybridized carbons (Fsp3) is 0.556. The van der Waals surface area contributed by atoms with Gasteiger partial charge in [-0.25, -0.2) is 0 Å². The van der Waals surface area contributed by atoms with Gasteiger partial charge < -0.3 is 9.26 Å².